The van der Waals surface area contributed by atoms with Crippen LogP contribution in [0.25, 0.3) is 5.69 Å². The third-order valence-corrected chi connectivity index (χ3v) is 5.58. The lowest BCUT2D eigenvalue weighted by molar-refractivity contribution is -0.117. The number of carbonyl (C=O) groups excluding carboxylic acids is 2. The Labute approximate surface area is 176 Å². The summed E-state index contributed by atoms with van der Waals surface area (Å²) in [6, 6.07) is 19.9. The van der Waals surface area contributed by atoms with Gasteiger partial charge in [0.05, 0.1) is 22.6 Å². The molecule has 6 heteroatoms. The minimum absolute atomic E-state index is 0.0186. The molecule has 6 nitrogen and oxygen atoms in total. The lowest BCUT2D eigenvalue weighted by Crippen LogP contribution is -2.41. The van der Waals surface area contributed by atoms with Gasteiger partial charge in [-0.1, -0.05) is 48.5 Å². The SMILES string of the molecule is Cc1nn(-c2ccccc2)c(C)c1C(=O)C(=O)NC1CCN(Cc2ccccc2)C1. The monoisotopic (exact) mass is 402 g/mol. The number of para-hydroxylation sites is 1. The Bertz CT molecular complexity index is 1040. The molecule has 1 N–H and O–H groups in total. The first-order valence-corrected chi connectivity index (χ1v) is 10.3. The van der Waals surface area contributed by atoms with Gasteiger partial charge in [0, 0.05) is 25.7 Å². The molecule has 1 saturated heterocycles. The number of nitrogens with zero attached hydrogens (tertiary/aromatic N) is 3. The van der Waals surface area contributed by atoms with Crippen molar-refractivity contribution in [3.05, 3.63) is 83.2 Å². The van der Waals surface area contributed by atoms with Crippen LogP contribution in [0.4, 0.5) is 0 Å². The molecule has 2 aromatic carbocycles. The highest BCUT2D eigenvalue weighted by Crippen LogP contribution is 2.19. The zero-order valence-corrected chi connectivity index (χ0v) is 17.3. The van der Waals surface area contributed by atoms with Gasteiger partial charge in [0.15, 0.2) is 0 Å². The Balaban J connectivity index is 1.41. The number of benzene rings is 2. The van der Waals surface area contributed by atoms with E-state index in [1.54, 1.807) is 11.6 Å². The summed E-state index contributed by atoms with van der Waals surface area (Å²) in [5, 5.41) is 7.41. The molecule has 1 atom stereocenters. The average molecular weight is 402 g/mol. The molecule has 30 heavy (non-hydrogen) atoms. The van der Waals surface area contributed by atoms with E-state index in [0.29, 0.717) is 17.0 Å². The van der Waals surface area contributed by atoms with Crippen molar-refractivity contribution >= 4 is 11.7 Å². The van der Waals surface area contributed by atoms with Crippen LogP contribution in [0.1, 0.15) is 33.7 Å². The lowest BCUT2D eigenvalue weighted by atomic mass is 10.1. The second-order valence-electron chi connectivity index (χ2n) is 7.80. The maximum atomic E-state index is 12.9. The predicted molar refractivity (Wildman–Crippen MR) is 116 cm³/mol. The Morgan fingerprint density at radius 1 is 1.03 bits per heavy atom. The van der Waals surface area contributed by atoms with Crippen molar-refractivity contribution in [1.29, 1.82) is 0 Å². The molecule has 1 aromatic heterocycles. The van der Waals surface area contributed by atoms with Crippen LogP contribution in [0, 0.1) is 13.8 Å². The molecule has 0 aliphatic carbocycles. The molecule has 0 radical (unpaired) electrons. The summed E-state index contributed by atoms with van der Waals surface area (Å²) in [7, 11) is 0. The molecule has 2 heterocycles. The standard InChI is InChI=1S/C24H26N4O2/c1-17-22(18(2)28(26-17)21-11-7-4-8-12-21)23(29)24(30)25-20-13-14-27(16-20)15-19-9-5-3-6-10-19/h3-12,20H,13-16H2,1-2H3,(H,25,30). The van der Waals surface area contributed by atoms with Gasteiger partial charge in [0.2, 0.25) is 0 Å². The summed E-state index contributed by atoms with van der Waals surface area (Å²) < 4.78 is 1.72. The zero-order valence-electron chi connectivity index (χ0n) is 17.3. The number of nitrogens with one attached hydrogen (secondary N) is 1. The van der Waals surface area contributed by atoms with Crippen LogP contribution in [0.5, 0.6) is 0 Å². The first-order valence-electron chi connectivity index (χ1n) is 10.3. The Morgan fingerprint density at radius 2 is 1.70 bits per heavy atom. The zero-order chi connectivity index (χ0) is 21.1. The fourth-order valence-corrected chi connectivity index (χ4v) is 4.09. The van der Waals surface area contributed by atoms with Gasteiger partial charge in [0.1, 0.15) is 0 Å². The van der Waals surface area contributed by atoms with Crippen molar-refractivity contribution in [2.45, 2.75) is 32.9 Å². The Kier molecular flexibility index (Phi) is 5.77. The van der Waals surface area contributed by atoms with Crippen LogP contribution in [-0.2, 0) is 11.3 Å². The maximum absolute atomic E-state index is 12.9. The second kappa shape index (κ2) is 8.63. The summed E-state index contributed by atoms with van der Waals surface area (Å²) in [6.07, 6.45) is 0.840. The first-order chi connectivity index (χ1) is 14.5. The summed E-state index contributed by atoms with van der Waals surface area (Å²) in [5.41, 5.74) is 3.74. The smallest absolute Gasteiger partial charge is 0.292 e. The molecular weight excluding hydrogens is 376 g/mol. The number of amides is 1. The van der Waals surface area contributed by atoms with E-state index in [2.05, 4.69) is 27.4 Å². The van der Waals surface area contributed by atoms with Crippen molar-refractivity contribution in [3.8, 4) is 5.69 Å². The van der Waals surface area contributed by atoms with Gasteiger partial charge in [-0.25, -0.2) is 4.68 Å². The topological polar surface area (TPSA) is 67.2 Å². The quantitative estimate of drug-likeness (QED) is 0.508. The van der Waals surface area contributed by atoms with Gasteiger partial charge in [-0.2, -0.15) is 5.10 Å². The highest BCUT2D eigenvalue weighted by molar-refractivity contribution is 6.43. The number of aryl methyl sites for hydroxylation is 1. The van der Waals surface area contributed by atoms with Gasteiger partial charge < -0.3 is 5.32 Å². The van der Waals surface area contributed by atoms with Crippen LogP contribution >= 0.6 is 0 Å². The summed E-state index contributed by atoms with van der Waals surface area (Å²) in [6.45, 7) is 6.09. The van der Waals surface area contributed by atoms with Crippen LogP contribution in [0.3, 0.4) is 0 Å². The number of carbonyl (C=O) groups is 2. The number of hydrogen-bond acceptors (Lipinski definition) is 4. The lowest BCUT2D eigenvalue weighted by Gasteiger charge is -2.16. The molecule has 0 bridgehead atoms. The highest BCUT2D eigenvalue weighted by Gasteiger charge is 2.29. The third kappa shape index (κ3) is 4.19. The van der Waals surface area contributed by atoms with Gasteiger partial charge in [-0.15, -0.1) is 0 Å². The number of Topliss-reactive ketones (excluding diaryl/α,β-unsaturated/α-hetero) is 1. The fourth-order valence-electron chi connectivity index (χ4n) is 4.09. The summed E-state index contributed by atoms with van der Waals surface area (Å²) in [5.74, 6) is -1.07. The molecule has 0 spiro atoms. The van der Waals surface area contributed by atoms with Crippen LogP contribution < -0.4 is 5.32 Å². The van der Waals surface area contributed by atoms with Gasteiger partial charge >= 0.3 is 0 Å². The highest BCUT2D eigenvalue weighted by atomic mass is 16.2. The number of likely N-dealkylation sites (tertiary alicyclic amines) is 1. The molecule has 1 aliphatic rings. The molecule has 1 amide bonds. The van der Waals surface area contributed by atoms with Crippen molar-refractivity contribution in [1.82, 2.24) is 20.0 Å². The summed E-state index contributed by atoms with van der Waals surface area (Å²) >= 11 is 0. The Morgan fingerprint density at radius 3 is 2.40 bits per heavy atom. The van der Waals surface area contributed by atoms with E-state index < -0.39 is 11.7 Å². The normalized spacial score (nSPS) is 16.5. The fraction of sp³-hybridized carbons (Fsp3) is 0.292. The van der Waals surface area contributed by atoms with Crippen LogP contribution in [0.15, 0.2) is 60.7 Å². The van der Waals surface area contributed by atoms with Gasteiger partial charge in [-0.05, 0) is 38.0 Å². The first kappa shape index (κ1) is 20.0. The number of hydrogen-bond donors (Lipinski definition) is 1. The number of aromatic nitrogens is 2. The molecule has 1 unspecified atom stereocenters. The van der Waals surface area contributed by atoms with Gasteiger partial charge in [-0.3, -0.25) is 14.5 Å². The molecule has 1 fully saturated rings. The molecule has 154 valence electrons. The molecular formula is C24H26N4O2. The van der Waals surface area contributed by atoms with E-state index in [9.17, 15) is 9.59 Å². The van der Waals surface area contributed by atoms with E-state index in [0.717, 1.165) is 31.7 Å². The third-order valence-electron chi connectivity index (χ3n) is 5.58. The molecule has 0 saturated carbocycles. The van der Waals surface area contributed by atoms with E-state index in [1.807, 2.05) is 55.5 Å². The van der Waals surface area contributed by atoms with Crippen LogP contribution in [0.2, 0.25) is 0 Å². The Hall–Kier alpha value is -3.25. The van der Waals surface area contributed by atoms with E-state index in [1.165, 1.54) is 5.56 Å². The number of rotatable bonds is 6. The molecule has 3 aromatic rings. The van der Waals surface area contributed by atoms with Crippen molar-refractivity contribution in [2.75, 3.05) is 13.1 Å². The largest absolute Gasteiger partial charge is 0.345 e. The minimum Gasteiger partial charge on any atom is -0.345 e. The molecule has 4 rings (SSSR count). The molecule has 1 aliphatic heterocycles. The van der Waals surface area contributed by atoms with Crippen molar-refractivity contribution < 1.29 is 9.59 Å². The average Bonchev–Trinajstić information content (AvgIpc) is 3.32. The van der Waals surface area contributed by atoms with E-state index >= 15 is 0 Å². The van der Waals surface area contributed by atoms with E-state index in [4.69, 9.17) is 0 Å². The summed E-state index contributed by atoms with van der Waals surface area (Å²) in [4.78, 5) is 27.9. The van der Waals surface area contributed by atoms with Crippen LogP contribution in [-0.4, -0.2) is 45.5 Å². The van der Waals surface area contributed by atoms with Crippen molar-refractivity contribution in [3.63, 3.8) is 0 Å². The minimum atomic E-state index is -0.555. The predicted octanol–water partition coefficient (Wildman–Crippen LogP) is 3.06. The number of ketones is 1. The van der Waals surface area contributed by atoms with E-state index in [-0.39, 0.29) is 6.04 Å². The van der Waals surface area contributed by atoms with Crippen molar-refractivity contribution in [2.24, 2.45) is 0 Å². The maximum Gasteiger partial charge on any atom is 0.292 e. The van der Waals surface area contributed by atoms with Gasteiger partial charge in [0.25, 0.3) is 11.7 Å². The second-order valence-corrected chi connectivity index (χ2v) is 7.80.